The molecule has 2 aromatic carbocycles. The number of halogens is 2. The number of hydrogen-bond donors (Lipinski definition) is 0. The normalized spacial score (nSPS) is 15.3. The van der Waals surface area contributed by atoms with Crippen LogP contribution in [-0.2, 0) is 8.98 Å². The molecule has 1 aliphatic rings. The molecule has 0 aliphatic carbocycles. The summed E-state index contributed by atoms with van der Waals surface area (Å²) in [6.07, 6.45) is 5.21. The molecular formula is C22H21FIN3O2S. The third-order valence-corrected chi connectivity index (χ3v) is 5.59. The van der Waals surface area contributed by atoms with Crippen LogP contribution >= 0.6 is 30.4 Å². The third-order valence-electron chi connectivity index (χ3n) is 4.57. The fourth-order valence-corrected chi connectivity index (χ4v) is 3.54. The summed E-state index contributed by atoms with van der Waals surface area (Å²) in [5.41, 5.74) is 3.03. The highest BCUT2D eigenvalue weighted by atomic mass is 127. The molecule has 1 aliphatic heterocycles. The molecule has 0 spiro atoms. The van der Waals surface area contributed by atoms with Crippen LogP contribution in [0.3, 0.4) is 0 Å². The van der Waals surface area contributed by atoms with Gasteiger partial charge in [0.1, 0.15) is 17.3 Å². The number of benzene rings is 2. The SMILES string of the molecule is CN1C(=O)/C(=C/c2ccc(N(C)CCOSI)cc2)N=C1/C=C/c1cccc(F)c1. The van der Waals surface area contributed by atoms with E-state index in [1.54, 1.807) is 37.4 Å². The van der Waals surface area contributed by atoms with Gasteiger partial charge in [-0.3, -0.25) is 9.69 Å². The van der Waals surface area contributed by atoms with Crippen molar-refractivity contribution in [2.45, 2.75) is 0 Å². The van der Waals surface area contributed by atoms with Gasteiger partial charge in [0.15, 0.2) is 0 Å². The number of nitrogens with zero attached hydrogens (tertiary/aromatic N) is 3. The van der Waals surface area contributed by atoms with Crippen LogP contribution in [0.25, 0.3) is 12.2 Å². The van der Waals surface area contributed by atoms with Crippen molar-refractivity contribution < 1.29 is 13.4 Å². The van der Waals surface area contributed by atoms with Gasteiger partial charge in [-0.1, -0.05) is 30.3 Å². The zero-order valence-electron chi connectivity index (χ0n) is 16.6. The van der Waals surface area contributed by atoms with Gasteiger partial charge in [0.05, 0.1) is 15.8 Å². The van der Waals surface area contributed by atoms with Crippen molar-refractivity contribution in [1.29, 1.82) is 0 Å². The van der Waals surface area contributed by atoms with Crippen molar-refractivity contribution >= 4 is 60.0 Å². The highest BCUT2D eigenvalue weighted by Gasteiger charge is 2.25. The van der Waals surface area contributed by atoms with Gasteiger partial charge in [-0.2, -0.15) is 0 Å². The van der Waals surface area contributed by atoms with Crippen LogP contribution in [0.1, 0.15) is 11.1 Å². The molecule has 2 aromatic rings. The smallest absolute Gasteiger partial charge is 0.277 e. The topological polar surface area (TPSA) is 45.1 Å². The number of aliphatic imine (C=N–C) groups is 1. The standard InChI is InChI=1S/C22H21FIN3O2S/c1-26(12-13-29-30-24)19-9-6-17(7-10-19)15-20-22(28)27(2)21(25-20)11-8-16-4-3-5-18(23)14-16/h3-11,14-15H,12-13H2,1-2H3/b11-8+,20-15-. The van der Waals surface area contributed by atoms with Crippen LogP contribution in [0.4, 0.5) is 10.1 Å². The van der Waals surface area contributed by atoms with E-state index in [-0.39, 0.29) is 11.7 Å². The first kappa shape index (κ1) is 22.5. The van der Waals surface area contributed by atoms with Crippen molar-refractivity contribution in [2.24, 2.45) is 4.99 Å². The molecular weight excluding hydrogens is 516 g/mol. The van der Waals surface area contributed by atoms with Gasteiger partial charge >= 0.3 is 0 Å². The van der Waals surface area contributed by atoms with Crippen LogP contribution < -0.4 is 4.90 Å². The third kappa shape index (κ3) is 5.93. The predicted molar refractivity (Wildman–Crippen MR) is 131 cm³/mol. The fourth-order valence-electron chi connectivity index (χ4n) is 2.86. The van der Waals surface area contributed by atoms with Crippen LogP contribution in [0, 0.1) is 5.82 Å². The molecule has 30 heavy (non-hydrogen) atoms. The number of anilines is 1. The van der Waals surface area contributed by atoms with E-state index in [2.05, 4.69) is 31.1 Å². The van der Waals surface area contributed by atoms with Crippen molar-refractivity contribution in [3.05, 3.63) is 77.2 Å². The number of rotatable bonds is 8. The van der Waals surface area contributed by atoms with Gasteiger partial charge in [-0.05, 0) is 47.5 Å². The molecule has 0 saturated heterocycles. The van der Waals surface area contributed by atoms with E-state index < -0.39 is 0 Å². The largest absolute Gasteiger partial charge is 0.372 e. The van der Waals surface area contributed by atoms with Gasteiger partial charge in [0.2, 0.25) is 0 Å². The summed E-state index contributed by atoms with van der Waals surface area (Å²) in [5.74, 6) is 0.0320. The summed E-state index contributed by atoms with van der Waals surface area (Å²) in [4.78, 5) is 20.5. The summed E-state index contributed by atoms with van der Waals surface area (Å²) < 4.78 is 18.6. The van der Waals surface area contributed by atoms with Gasteiger partial charge < -0.3 is 9.08 Å². The summed E-state index contributed by atoms with van der Waals surface area (Å²) in [5, 5.41) is 0. The predicted octanol–water partition coefficient (Wildman–Crippen LogP) is 5.20. The van der Waals surface area contributed by atoms with Crippen LogP contribution in [-0.4, -0.2) is 43.9 Å². The molecule has 0 fully saturated rings. The average Bonchev–Trinajstić information content (AvgIpc) is 3.01. The highest BCUT2D eigenvalue weighted by Crippen LogP contribution is 2.21. The molecule has 0 saturated carbocycles. The molecule has 8 heteroatoms. The van der Waals surface area contributed by atoms with Crippen molar-refractivity contribution in [3.63, 3.8) is 0 Å². The summed E-state index contributed by atoms with van der Waals surface area (Å²) >= 11 is 2.10. The number of carbonyl (C=O) groups excluding carboxylic acids is 1. The lowest BCUT2D eigenvalue weighted by Gasteiger charge is -2.18. The number of hydrogen-bond acceptors (Lipinski definition) is 5. The molecule has 0 aromatic heterocycles. The highest BCUT2D eigenvalue weighted by molar-refractivity contribution is 14.2. The maximum atomic E-state index is 13.3. The van der Waals surface area contributed by atoms with E-state index in [0.717, 1.165) is 17.8 Å². The lowest BCUT2D eigenvalue weighted by atomic mass is 10.1. The van der Waals surface area contributed by atoms with E-state index in [4.69, 9.17) is 4.18 Å². The number of amides is 1. The Morgan fingerprint density at radius 1 is 1.20 bits per heavy atom. The van der Waals surface area contributed by atoms with E-state index in [1.165, 1.54) is 26.2 Å². The number of amidine groups is 1. The number of likely N-dealkylation sites (N-methyl/N-ethyl adjacent to an activating group) is 2. The van der Waals surface area contributed by atoms with Crippen LogP contribution in [0.2, 0.25) is 0 Å². The van der Waals surface area contributed by atoms with Gasteiger partial charge in [-0.15, -0.1) is 0 Å². The lowest BCUT2D eigenvalue weighted by Crippen LogP contribution is -2.26. The van der Waals surface area contributed by atoms with E-state index >= 15 is 0 Å². The van der Waals surface area contributed by atoms with Gasteiger partial charge in [0.25, 0.3) is 5.91 Å². The molecule has 156 valence electrons. The minimum atomic E-state index is -0.305. The van der Waals surface area contributed by atoms with Crippen LogP contribution in [0.15, 0.2) is 65.3 Å². The summed E-state index contributed by atoms with van der Waals surface area (Å²) in [6.45, 7) is 1.42. The average molecular weight is 537 g/mol. The lowest BCUT2D eigenvalue weighted by molar-refractivity contribution is -0.121. The summed E-state index contributed by atoms with van der Waals surface area (Å²) in [7, 11) is 5.01. The van der Waals surface area contributed by atoms with Gasteiger partial charge in [0, 0.05) is 47.5 Å². The van der Waals surface area contributed by atoms with Crippen molar-refractivity contribution in [3.8, 4) is 0 Å². The molecule has 0 N–H and O–H groups in total. The second kappa shape index (κ2) is 10.7. The zero-order valence-corrected chi connectivity index (χ0v) is 19.6. The Bertz CT molecular complexity index is 992. The van der Waals surface area contributed by atoms with Crippen molar-refractivity contribution in [2.75, 3.05) is 32.1 Å². The maximum Gasteiger partial charge on any atom is 0.277 e. The molecule has 0 bridgehead atoms. The Hall–Kier alpha value is -2.17. The molecule has 0 atom stereocenters. The molecule has 1 amide bonds. The molecule has 3 rings (SSSR count). The molecule has 1 heterocycles. The minimum Gasteiger partial charge on any atom is -0.372 e. The van der Waals surface area contributed by atoms with E-state index in [9.17, 15) is 9.18 Å². The first-order chi connectivity index (χ1) is 14.5. The van der Waals surface area contributed by atoms with Crippen LogP contribution in [0.5, 0.6) is 0 Å². The number of carbonyl (C=O) groups is 1. The second-order valence-corrected chi connectivity index (χ2v) is 8.09. The summed E-state index contributed by atoms with van der Waals surface area (Å²) in [6, 6.07) is 14.2. The Morgan fingerprint density at radius 2 is 1.97 bits per heavy atom. The Balaban J connectivity index is 1.72. The fraction of sp³-hybridized carbons (Fsp3) is 0.182. The van der Waals surface area contributed by atoms with E-state index in [1.807, 2.05) is 31.3 Å². The minimum absolute atomic E-state index is 0.177. The first-order valence-electron chi connectivity index (χ1n) is 9.21. The van der Waals surface area contributed by atoms with E-state index in [0.29, 0.717) is 23.7 Å². The zero-order chi connectivity index (χ0) is 21.5. The van der Waals surface area contributed by atoms with Gasteiger partial charge in [-0.25, -0.2) is 9.38 Å². The molecule has 0 unspecified atom stereocenters. The molecule has 5 nitrogen and oxygen atoms in total. The Kier molecular flexibility index (Phi) is 8.06. The van der Waals surface area contributed by atoms with Crippen molar-refractivity contribution in [1.82, 2.24) is 4.90 Å². The Morgan fingerprint density at radius 3 is 2.67 bits per heavy atom. The molecule has 0 radical (unpaired) electrons. The maximum absolute atomic E-state index is 13.3. The Labute approximate surface area is 192 Å². The second-order valence-electron chi connectivity index (χ2n) is 6.65. The monoisotopic (exact) mass is 537 g/mol. The first-order valence-corrected chi connectivity index (χ1v) is 12.5. The quantitative estimate of drug-likeness (QED) is 0.201.